The van der Waals surface area contributed by atoms with Crippen molar-refractivity contribution in [2.75, 3.05) is 21.3 Å². The Morgan fingerprint density at radius 3 is 2.05 bits per heavy atom. The Labute approximate surface area is 115 Å². The first kappa shape index (κ1) is 13.9. The monoisotopic (exact) mass is 278 g/mol. The summed E-state index contributed by atoms with van der Waals surface area (Å²) in [6, 6.07) is 3.37. The Balaban J connectivity index is 2.45. The van der Waals surface area contributed by atoms with Crippen LogP contribution in [0.5, 0.6) is 17.2 Å². The molecular weight excluding hydrogens is 264 g/mol. The number of hydrogen-bond acceptors (Lipinski definition) is 6. The minimum Gasteiger partial charge on any atom is -0.493 e. The second-order valence-electron chi connectivity index (χ2n) is 4.07. The Morgan fingerprint density at radius 1 is 1.05 bits per heavy atom. The minimum absolute atomic E-state index is 0.0322. The van der Waals surface area contributed by atoms with Crippen LogP contribution in [0.15, 0.2) is 17.7 Å². The number of hydrogen-bond donors (Lipinski definition) is 0. The predicted octanol–water partition coefficient (Wildman–Crippen LogP) is 1.57. The zero-order valence-electron chi connectivity index (χ0n) is 11.4. The number of rotatable bonds is 4. The molecule has 1 fully saturated rings. The van der Waals surface area contributed by atoms with Crippen LogP contribution in [-0.4, -0.2) is 33.3 Å². The smallest absolute Gasteiger partial charge is 0.342 e. The first-order valence-corrected chi connectivity index (χ1v) is 5.84. The third-order valence-corrected chi connectivity index (χ3v) is 2.83. The van der Waals surface area contributed by atoms with Crippen molar-refractivity contribution < 1.29 is 28.5 Å². The molecule has 0 N–H and O–H groups in total. The van der Waals surface area contributed by atoms with Crippen molar-refractivity contribution in [1.29, 1.82) is 0 Å². The van der Waals surface area contributed by atoms with Crippen LogP contribution >= 0.6 is 0 Å². The van der Waals surface area contributed by atoms with E-state index in [0.717, 1.165) is 0 Å². The fraction of sp³-hybridized carbons (Fsp3) is 0.286. The summed E-state index contributed by atoms with van der Waals surface area (Å²) in [5, 5.41) is 0. The average molecular weight is 278 g/mol. The Kier molecular flexibility index (Phi) is 3.93. The van der Waals surface area contributed by atoms with Gasteiger partial charge in [0.2, 0.25) is 5.75 Å². The molecule has 6 heteroatoms. The van der Waals surface area contributed by atoms with Gasteiger partial charge in [0.15, 0.2) is 11.5 Å². The van der Waals surface area contributed by atoms with E-state index >= 15 is 0 Å². The van der Waals surface area contributed by atoms with Gasteiger partial charge in [0, 0.05) is 5.57 Å². The summed E-state index contributed by atoms with van der Waals surface area (Å²) in [6.07, 6.45) is 1.53. The number of esters is 2. The van der Waals surface area contributed by atoms with Crippen LogP contribution in [0.4, 0.5) is 0 Å². The van der Waals surface area contributed by atoms with E-state index in [1.165, 1.54) is 21.3 Å². The van der Waals surface area contributed by atoms with Gasteiger partial charge in [-0.25, -0.2) is 4.79 Å². The van der Waals surface area contributed by atoms with Crippen molar-refractivity contribution in [2.45, 2.75) is 6.42 Å². The van der Waals surface area contributed by atoms with Crippen molar-refractivity contribution in [3.05, 3.63) is 23.3 Å². The van der Waals surface area contributed by atoms with E-state index < -0.39 is 11.9 Å². The normalized spacial score (nSPS) is 16.2. The fourth-order valence-electron chi connectivity index (χ4n) is 1.93. The van der Waals surface area contributed by atoms with E-state index in [-0.39, 0.29) is 6.42 Å². The van der Waals surface area contributed by atoms with Gasteiger partial charge in [0.25, 0.3) is 0 Å². The highest BCUT2D eigenvalue weighted by molar-refractivity contribution is 6.08. The van der Waals surface area contributed by atoms with Gasteiger partial charge in [-0.3, -0.25) is 4.79 Å². The van der Waals surface area contributed by atoms with E-state index in [9.17, 15) is 9.59 Å². The van der Waals surface area contributed by atoms with Crippen LogP contribution < -0.4 is 14.2 Å². The zero-order chi connectivity index (χ0) is 14.7. The summed E-state index contributed by atoms with van der Waals surface area (Å²) in [6.45, 7) is 0. The molecule has 106 valence electrons. The highest BCUT2D eigenvalue weighted by Gasteiger charge is 2.27. The maximum absolute atomic E-state index is 11.4. The summed E-state index contributed by atoms with van der Waals surface area (Å²) in [7, 11) is 4.51. The molecular formula is C14H14O6. The Morgan fingerprint density at radius 2 is 1.65 bits per heavy atom. The van der Waals surface area contributed by atoms with Crippen LogP contribution in [0.3, 0.4) is 0 Å². The maximum atomic E-state index is 11.4. The third kappa shape index (κ3) is 2.59. The molecule has 1 saturated heterocycles. The van der Waals surface area contributed by atoms with Gasteiger partial charge < -0.3 is 18.9 Å². The molecule has 1 heterocycles. The van der Waals surface area contributed by atoms with Crippen molar-refractivity contribution in [3.63, 3.8) is 0 Å². The maximum Gasteiger partial charge on any atom is 0.342 e. The molecule has 0 bridgehead atoms. The molecule has 0 unspecified atom stereocenters. The van der Waals surface area contributed by atoms with Crippen LogP contribution in [0.1, 0.15) is 12.0 Å². The Bertz CT molecular complexity index is 562. The van der Waals surface area contributed by atoms with E-state index in [2.05, 4.69) is 4.74 Å². The van der Waals surface area contributed by atoms with Crippen molar-refractivity contribution in [2.24, 2.45) is 0 Å². The standard InChI is InChI=1S/C14H14O6/c1-17-10-5-8(6-11(18-2)13(10)19-3)4-9-7-12(15)20-14(9)16/h4-6H,7H2,1-3H3/b9-4+. The summed E-state index contributed by atoms with van der Waals surface area (Å²) in [4.78, 5) is 22.5. The lowest BCUT2D eigenvalue weighted by atomic mass is 10.1. The molecule has 1 aromatic rings. The SMILES string of the molecule is COc1cc(/C=C2\CC(=O)OC2=O)cc(OC)c1OC. The van der Waals surface area contributed by atoms with Crippen molar-refractivity contribution >= 4 is 18.0 Å². The number of ether oxygens (including phenoxy) is 4. The van der Waals surface area contributed by atoms with Gasteiger partial charge in [0.1, 0.15) is 0 Å². The lowest BCUT2D eigenvalue weighted by Gasteiger charge is -2.12. The molecule has 0 aliphatic carbocycles. The lowest BCUT2D eigenvalue weighted by Crippen LogP contribution is -1.98. The van der Waals surface area contributed by atoms with Crippen LogP contribution in [0.2, 0.25) is 0 Å². The summed E-state index contributed by atoms with van der Waals surface area (Å²) in [5.74, 6) is 0.229. The third-order valence-electron chi connectivity index (χ3n) is 2.83. The molecule has 6 nitrogen and oxygen atoms in total. The molecule has 0 spiro atoms. The molecule has 20 heavy (non-hydrogen) atoms. The molecule has 1 aliphatic rings. The quantitative estimate of drug-likeness (QED) is 0.473. The lowest BCUT2D eigenvalue weighted by molar-refractivity contribution is -0.151. The fourth-order valence-corrected chi connectivity index (χ4v) is 1.93. The molecule has 0 atom stereocenters. The molecule has 1 aliphatic heterocycles. The van der Waals surface area contributed by atoms with E-state index in [1.807, 2.05) is 0 Å². The van der Waals surface area contributed by atoms with Gasteiger partial charge in [-0.15, -0.1) is 0 Å². The van der Waals surface area contributed by atoms with Crippen LogP contribution in [0, 0.1) is 0 Å². The Hall–Kier alpha value is -2.50. The molecule has 1 aromatic carbocycles. The molecule has 0 radical (unpaired) electrons. The van der Waals surface area contributed by atoms with Gasteiger partial charge in [-0.2, -0.15) is 0 Å². The highest BCUT2D eigenvalue weighted by Crippen LogP contribution is 2.39. The molecule has 0 aromatic heterocycles. The van der Waals surface area contributed by atoms with Gasteiger partial charge in [0.05, 0.1) is 27.8 Å². The number of carbonyl (C=O) groups is 2. The average Bonchev–Trinajstić information content (AvgIpc) is 2.75. The van der Waals surface area contributed by atoms with E-state index in [1.54, 1.807) is 18.2 Å². The topological polar surface area (TPSA) is 71.1 Å². The van der Waals surface area contributed by atoms with Gasteiger partial charge >= 0.3 is 11.9 Å². The summed E-state index contributed by atoms with van der Waals surface area (Å²) in [5.41, 5.74) is 0.949. The second kappa shape index (κ2) is 5.64. The van der Waals surface area contributed by atoms with Crippen LogP contribution in [0.25, 0.3) is 6.08 Å². The molecule has 2 rings (SSSR count). The van der Waals surface area contributed by atoms with Crippen molar-refractivity contribution in [1.82, 2.24) is 0 Å². The first-order valence-electron chi connectivity index (χ1n) is 5.84. The second-order valence-corrected chi connectivity index (χ2v) is 4.07. The number of benzene rings is 1. The largest absolute Gasteiger partial charge is 0.493 e. The number of cyclic esters (lactones) is 2. The first-order chi connectivity index (χ1) is 9.58. The van der Waals surface area contributed by atoms with Crippen molar-refractivity contribution in [3.8, 4) is 17.2 Å². The van der Waals surface area contributed by atoms with E-state index in [0.29, 0.717) is 28.4 Å². The minimum atomic E-state index is -0.622. The summed E-state index contributed by atoms with van der Waals surface area (Å²) < 4.78 is 20.1. The molecule has 0 amide bonds. The van der Waals surface area contributed by atoms with Gasteiger partial charge in [-0.1, -0.05) is 0 Å². The van der Waals surface area contributed by atoms with E-state index in [4.69, 9.17) is 14.2 Å². The molecule has 0 saturated carbocycles. The highest BCUT2D eigenvalue weighted by atomic mass is 16.6. The van der Waals surface area contributed by atoms with Gasteiger partial charge in [-0.05, 0) is 23.8 Å². The van der Waals surface area contributed by atoms with Crippen LogP contribution in [-0.2, 0) is 14.3 Å². The number of methoxy groups -OCH3 is 3. The summed E-state index contributed by atoms with van der Waals surface area (Å²) >= 11 is 0. The predicted molar refractivity (Wildman–Crippen MR) is 69.8 cm³/mol. The zero-order valence-corrected chi connectivity index (χ0v) is 11.4. The number of carbonyl (C=O) groups excluding carboxylic acids is 2.